The van der Waals surface area contributed by atoms with Crippen LogP contribution in [0.1, 0.15) is 45.7 Å². The summed E-state index contributed by atoms with van der Waals surface area (Å²) in [6.07, 6.45) is 3.26. The molecular formula is C22H24ClFN4O3S. The molecule has 3 heterocycles. The van der Waals surface area contributed by atoms with Crippen LogP contribution >= 0.6 is 22.9 Å². The molecule has 3 aromatic rings. The Labute approximate surface area is 193 Å². The molecule has 0 radical (unpaired) electrons. The van der Waals surface area contributed by atoms with E-state index in [4.69, 9.17) is 11.6 Å². The van der Waals surface area contributed by atoms with Gasteiger partial charge in [0, 0.05) is 30.3 Å². The Morgan fingerprint density at radius 2 is 2.19 bits per heavy atom. The Bertz CT molecular complexity index is 1100. The Hall–Kier alpha value is -2.46. The van der Waals surface area contributed by atoms with Crippen molar-refractivity contribution in [2.45, 2.75) is 37.8 Å². The molecule has 1 aromatic carbocycles. The summed E-state index contributed by atoms with van der Waals surface area (Å²) in [5.74, 6) is -0.974. The molecule has 4 rings (SSSR count). The molecule has 0 saturated carbocycles. The largest absolute Gasteiger partial charge is 0.492 e. The van der Waals surface area contributed by atoms with Gasteiger partial charge in [-0.1, -0.05) is 24.1 Å². The van der Waals surface area contributed by atoms with Gasteiger partial charge >= 0.3 is 0 Å². The fourth-order valence-corrected chi connectivity index (χ4v) is 5.02. The molecule has 32 heavy (non-hydrogen) atoms. The number of aromatic nitrogens is 2. The summed E-state index contributed by atoms with van der Waals surface area (Å²) < 4.78 is 13.8. The molecule has 0 aliphatic carbocycles. The topological polar surface area (TPSA) is 110 Å². The summed E-state index contributed by atoms with van der Waals surface area (Å²) in [5, 5.41) is 26.4. The van der Waals surface area contributed by atoms with Gasteiger partial charge in [0.05, 0.1) is 15.9 Å². The number of nitrogens with zero attached hydrogens (tertiary/aromatic N) is 1. The average Bonchev–Trinajstić information content (AvgIpc) is 3.42. The monoisotopic (exact) mass is 478 g/mol. The highest BCUT2D eigenvalue weighted by molar-refractivity contribution is 7.12. The number of aromatic amines is 1. The molecule has 1 amide bonds. The number of hydrogen-bond acceptors (Lipinski definition) is 6. The maximum Gasteiger partial charge on any atom is 0.268 e. The van der Waals surface area contributed by atoms with Crippen LogP contribution in [0.15, 0.2) is 30.3 Å². The first kappa shape index (κ1) is 22.7. The number of aliphatic hydroxyl groups excluding tert-OH is 1. The molecule has 1 saturated heterocycles. The number of aromatic hydroxyl groups is 1. The highest BCUT2D eigenvalue weighted by Crippen LogP contribution is 2.32. The van der Waals surface area contributed by atoms with Crippen LogP contribution in [0.5, 0.6) is 5.88 Å². The Balaban J connectivity index is 1.56. The summed E-state index contributed by atoms with van der Waals surface area (Å²) >= 11 is 7.04. The molecule has 10 heteroatoms. The number of benzene rings is 1. The molecule has 5 N–H and O–H groups in total. The zero-order chi connectivity index (χ0) is 22.7. The molecular weight excluding hydrogens is 455 g/mol. The summed E-state index contributed by atoms with van der Waals surface area (Å²) in [6.45, 7) is 0.747. The van der Waals surface area contributed by atoms with Gasteiger partial charge in [0.15, 0.2) is 0 Å². The van der Waals surface area contributed by atoms with Gasteiger partial charge in [0.25, 0.3) is 5.91 Å². The fraction of sp³-hybridized carbons (Fsp3) is 0.364. The van der Waals surface area contributed by atoms with Crippen molar-refractivity contribution in [2.24, 2.45) is 0 Å². The van der Waals surface area contributed by atoms with Crippen LogP contribution in [0, 0.1) is 5.82 Å². The van der Waals surface area contributed by atoms with E-state index in [1.165, 1.54) is 23.5 Å². The number of carbonyl (C=O) groups is 1. The van der Waals surface area contributed by atoms with Crippen molar-refractivity contribution >= 4 is 28.8 Å². The third-order valence-corrected chi connectivity index (χ3v) is 6.99. The van der Waals surface area contributed by atoms with Crippen molar-refractivity contribution in [1.82, 2.24) is 20.6 Å². The number of H-pyrrole nitrogens is 1. The summed E-state index contributed by atoms with van der Waals surface area (Å²) in [4.78, 5) is 20.9. The highest BCUT2D eigenvalue weighted by Gasteiger charge is 2.30. The molecule has 2 atom stereocenters. The van der Waals surface area contributed by atoms with E-state index >= 15 is 0 Å². The molecule has 2 aromatic heterocycles. The van der Waals surface area contributed by atoms with Crippen LogP contribution in [-0.4, -0.2) is 45.3 Å². The predicted octanol–water partition coefficient (Wildman–Crippen LogP) is 3.78. The number of rotatable bonds is 7. The van der Waals surface area contributed by atoms with Crippen molar-refractivity contribution in [3.05, 3.63) is 56.8 Å². The van der Waals surface area contributed by atoms with Gasteiger partial charge < -0.3 is 25.8 Å². The van der Waals surface area contributed by atoms with Gasteiger partial charge in [-0.15, -0.1) is 11.3 Å². The van der Waals surface area contributed by atoms with Crippen LogP contribution < -0.4 is 10.6 Å². The van der Waals surface area contributed by atoms with Crippen molar-refractivity contribution in [3.63, 3.8) is 0 Å². The van der Waals surface area contributed by atoms with Crippen LogP contribution in [0.25, 0.3) is 11.3 Å². The minimum Gasteiger partial charge on any atom is -0.492 e. The van der Waals surface area contributed by atoms with Crippen LogP contribution in [0.4, 0.5) is 4.39 Å². The predicted molar refractivity (Wildman–Crippen MR) is 122 cm³/mol. The lowest BCUT2D eigenvalue weighted by molar-refractivity contribution is 0.0918. The quantitative estimate of drug-likeness (QED) is 0.355. The maximum absolute atomic E-state index is 13.8. The van der Waals surface area contributed by atoms with Gasteiger partial charge in [-0.2, -0.15) is 0 Å². The smallest absolute Gasteiger partial charge is 0.268 e. The van der Waals surface area contributed by atoms with E-state index in [1.807, 2.05) is 0 Å². The number of piperidine rings is 1. The van der Waals surface area contributed by atoms with E-state index < -0.39 is 11.9 Å². The number of aliphatic hydroxyl groups is 1. The van der Waals surface area contributed by atoms with Crippen LogP contribution in [0.2, 0.25) is 5.02 Å². The lowest BCUT2D eigenvalue weighted by Crippen LogP contribution is -2.46. The zero-order valence-electron chi connectivity index (χ0n) is 17.2. The van der Waals surface area contributed by atoms with Gasteiger partial charge in [0.1, 0.15) is 16.5 Å². The normalized spacial score (nSPS) is 17.3. The van der Waals surface area contributed by atoms with Crippen LogP contribution in [0.3, 0.4) is 0 Å². The van der Waals surface area contributed by atoms with Gasteiger partial charge in [-0.3, -0.25) is 4.79 Å². The lowest BCUT2D eigenvalue weighted by Gasteiger charge is -2.30. The summed E-state index contributed by atoms with van der Waals surface area (Å²) in [7, 11) is 0. The molecule has 0 bridgehead atoms. The van der Waals surface area contributed by atoms with E-state index in [-0.39, 0.29) is 29.5 Å². The van der Waals surface area contributed by atoms with Crippen molar-refractivity contribution in [2.75, 3.05) is 13.2 Å². The van der Waals surface area contributed by atoms with Crippen molar-refractivity contribution < 1.29 is 19.4 Å². The SMILES string of the molecule is O=C(NC(c1nc(O)c(CCO)s1)C1CCCCN1)c1ccc(-c2ccc(Cl)c(F)c2)[nH]1. The molecule has 1 aliphatic rings. The summed E-state index contributed by atoms with van der Waals surface area (Å²) in [6, 6.07) is 7.33. The number of thiazole rings is 1. The number of nitrogens with one attached hydrogen (secondary N) is 3. The third-order valence-electron chi connectivity index (χ3n) is 5.50. The first-order valence-corrected chi connectivity index (χ1v) is 11.6. The van der Waals surface area contributed by atoms with E-state index in [2.05, 4.69) is 20.6 Å². The van der Waals surface area contributed by atoms with Gasteiger partial charge in [-0.25, -0.2) is 9.37 Å². The maximum atomic E-state index is 13.8. The molecule has 2 unspecified atom stereocenters. The standard InChI is InChI=1S/C22H24ClFN4O3S/c23-13-5-4-12(11-14(13)24)15-6-7-17(26-15)20(30)27-19(16-3-1-2-9-25-16)22-28-21(31)18(32-22)8-10-29/h4-7,11,16,19,25-26,29,31H,1-3,8-10H2,(H,27,30). The van der Waals surface area contributed by atoms with E-state index in [0.717, 1.165) is 25.8 Å². The Kier molecular flexibility index (Phi) is 7.10. The van der Waals surface area contributed by atoms with Crippen molar-refractivity contribution in [3.8, 4) is 17.1 Å². The molecule has 170 valence electrons. The van der Waals surface area contributed by atoms with E-state index in [9.17, 15) is 19.4 Å². The Morgan fingerprint density at radius 3 is 2.91 bits per heavy atom. The minimum atomic E-state index is -0.532. The number of amides is 1. The molecule has 7 nitrogen and oxygen atoms in total. The second-order valence-corrected chi connectivity index (χ2v) is 9.22. The zero-order valence-corrected chi connectivity index (χ0v) is 18.8. The van der Waals surface area contributed by atoms with E-state index in [0.29, 0.717) is 33.3 Å². The second-order valence-electron chi connectivity index (χ2n) is 7.69. The van der Waals surface area contributed by atoms with Gasteiger partial charge in [0.2, 0.25) is 5.88 Å². The molecule has 0 spiro atoms. The average molecular weight is 479 g/mol. The number of halogens is 2. The minimum absolute atomic E-state index is 0.0278. The molecule has 1 aliphatic heterocycles. The number of carbonyl (C=O) groups excluding carboxylic acids is 1. The first-order valence-electron chi connectivity index (χ1n) is 10.4. The summed E-state index contributed by atoms with van der Waals surface area (Å²) in [5.41, 5.74) is 1.50. The van der Waals surface area contributed by atoms with Crippen molar-refractivity contribution in [1.29, 1.82) is 0 Å². The Morgan fingerprint density at radius 1 is 1.34 bits per heavy atom. The van der Waals surface area contributed by atoms with E-state index in [1.54, 1.807) is 18.2 Å². The second kappa shape index (κ2) is 9.99. The molecule has 1 fully saturated rings. The fourth-order valence-electron chi connectivity index (χ4n) is 3.84. The lowest BCUT2D eigenvalue weighted by atomic mass is 9.98. The first-order chi connectivity index (χ1) is 15.5. The number of hydrogen-bond donors (Lipinski definition) is 5. The van der Waals surface area contributed by atoms with Gasteiger partial charge in [-0.05, 0) is 43.7 Å². The highest BCUT2D eigenvalue weighted by atomic mass is 35.5. The van der Waals surface area contributed by atoms with Crippen LogP contribution in [-0.2, 0) is 6.42 Å². The third kappa shape index (κ3) is 4.96.